The maximum atomic E-state index is 13.6. The van der Waals surface area contributed by atoms with Gasteiger partial charge in [-0.05, 0) is 6.07 Å². The van der Waals surface area contributed by atoms with Crippen molar-refractivity contribution in [3.05, 3.63) is 23.0 Å². The van der Waals surface area contributed by atoms with Crippen molar-refractivity contribution >= 4 is 28.9 Å². The fourth-order valence-corrected chi connectivity index (χ4v) is 2.67. The topological polar surface area (TPSA) is 41.6 Å². The predicted molar refractivity (Wildman–Crippen MR) is 66.5 cm³/mol. The molecule has 4 nitrogen and oxygen atoms in total. The number of carbonyl (C=O) groups is 1. The molecule has 0 radical (unpaired) electrons. The van der Waals surface area contributed by atoms with Gasteiger partial charge in [-0.15, -0.1) is 0 Å². The Kier molecular flexibility index (Phi) is 2.68. The second kappa shape index (κ2) is 4.10. The summed E-state index contributed by atoms with van der Waals surface area (Å²) in [6, 6.07) is 2.73. The molecule has 0 saturated carbocycles. The van der Waals surface area contributed by atoms with Crippen molar-refractivity contribution < 1.29 is 13.9 Å². The molecule has 1 fully saturated rings. The number of nitrogens with zero attached hydrogens (tertiary/aromatic N) is 1. The van der Waals surface area contributed by atoms with Gasteiger partial charge in [-0.25, -0.2) is 4.39 Å². The zero-order valence-corrected chi connectivity index (χ0v) is 10.5. The summed E-state index contributed by atoms with van der Waals surface area (Å²) in [7, 11) is 1.83. The highest BCUT2D eigenvalue weighted by molar-refractivity contribution is 6.31. The zero-order valence-electron chi connectivity index (χ0n) is 9.74. The van der Waals surface area contributed by atoms with Crippen molar-refractivity contribution in [1.29, 1.82) is 0 Å². The Labute approximate surface area is 109 Å². The predicted octanol–water partition coefficient (Wildman–Crippen LogP) is 1.88. The first-order valence-corrected chi connectivity index (χ1v) is 6.06. The molecule has 1 amide bonds. The fourth-order valence-electron chi connectivity index (χ4n) is 2.51. The van der Waals surface area contributed by atoms with E-state index in [1.54, 1.807) is 0 Å². The van der Waals surface area contributed by atoms with E-state index in [2.05, 4.69) is 5.32 Å². The first kappa shape index (κ1) is 11.7. The van der Waals surface area contributed by atoms with Crippen molar-refractivity contribution in [1.82, 2.24) is 0 Å². The molecule has 2 atom stereocenters. The van der Waals surface area contributed by atoms with Crippen LogP contribution in [-0.4, -0.2) is 32.2 Å². The molecule has 1 aromatic rings. The number of hydrogen-bond donors (Lipinski definition) is 1. The molecule has 2 heterocycles. The molecule has 0 spiro atoms. The van der Waals surface area contributed by atoms with Gasteiger partial charge in [0.15, 0.2) is 0 Å². The Hall–Kier alpha value is -1.33. The third kappa shape index (κ3) is 1.66. The largest absolute Gasteiger partial charge is 0.378 e. The van der Waals surface area contributed by atoms with Gasteiger partial charge in [0.25, 0.3) is 0 Å². The lowest BCUT2D eigenvalue weighted by molar-refractivity contribution is -0.120. The Morgan fingerprint density at radius 3 is 3.06 bits per heavy atom. The van der Waals surface area contributed by atoms with Gasteiger partial charge in [0.1, 0.15) is 5.82 Å². The number of ether oxygens (including phenoxy) is 1. The van der Waals surface area contributed by atoms with Crippen LogP contribution in [0.2, 0.25) is 5.02 Å². The quantitative estimate of drug-likeness (QED) is 0.783. The first-order chi connectivity index (χ1) is 8.58. The van der Waals surface area contributed by atoms with Gasteiger partial charge in [0.2, 0.25) is 5.91 Å². The van der Waals surface area contributed by atoms with Gasteiger partial charge >= 0.3 is 0 Å². The number of anilines is 2. The van der Waals surface area contributed by atoms with E-state index in [1.165, 1.54) is 12.1 Å². The summed E-state index contributed by atoms with van der Waals surface area (Å²) in [5.74, 6) is -0.830. The van der Waals surface area contributed by atoms with Crippen molar-refractivity contribution in [3.63, 3.8) is 0 Å². The fraction of sp³-hybridized carbons (Fsp3) is 0.417. The number of likely N-dealkylation sites (N-methyl/N-ethyl adjacent to an activating group) is 1. The number of benzene rings is 1. The number of carbonyl (C=O) groups excluding carboxylic acids is 1. The van der Waals surface area contributed by atoms with Gasteiger partial charge in [-0.3, -0.25) is 4.79 Å². The molecular formula is C12H12ClFN2O2. The first-order valence-electron chi connectivity index (χ1n) is 5.68. The van der Waals surface area contributed by atoms with E-state index in [-0.39, 0.29) is 22.9 Å². The van der Waals surface area contributed by atoms with Crippen molar-refractivity contribution in [3.8, 4) is 0 Å². The van der Waals surface area contributed by atoms with Gasteiger partial charge in [0, 0.05) is 13.1 Å². The monoisotopic (exact) mass is 270 g/mol. The second-order valence-electron chi connectivity index (χ2n) is 4.59. The molecule has 96 valence electrons. The molecule has 0 aromatic heterocycles. The molecular weight excluding hydrogens is 259 g/mol. The SMILES string of the molecule is CN1c2cc(F)c(Cl)cc2NC(=O)C2COCC21. The smallest absolute Gasteiger partial charge is 0.232 e. The zero-order chi connectivity index (χ0) is 12.9. The Morgan fingerprint density at radius 2 is 2.28 bits per heavy atom. The molecule has 0 bridgehead atoms. The van der Waals surface area contributed by atoms with Crippen LogP contribution in [0.15, 0.2) is 12.1 Å². The lowest BCUT2D eigenvalue weighted by atomic mass is 10.0. The van der Waals surface area contributed by atoms with Crippen molar-refractivity contribution in [2.24, 2.45) is 5.92 Å². The normalized spacial score (nSPS) is 26.4. The number of rotatable bonds is 0. The molecule has 1 saturated heterocycles. The van der Waals surface area contributed by atoms with Gasteiger partial charge in [-0.2, -0.15) is 0 Å². The van der Waals surface area contributed by atoms with Crippen molar-refractivity contribution in [2.75, 3.05) is 30.5 Å². The standard InChI is InChI=1S/C12H12ClFN2O2/c1-16-10-3-8(14)7(13)2-9(10)15-12(17)6-4-18-5-11(6)16/h2-3,6,11H,4-5H2,1H3,(H,15,17). The maximum Gasteiger partial charge on any atom is 0.232 e. The van der Waals surface area contributed by atoms with Crippen LogP contribution in [0.1, 0.15) is 0 Å². The highest BCUT2D eigenvalue weighted by Gasteiger charge is 2.40. The summed E-state index contributed by atoms with van der Waals surface area (Å²) in [5, 5.41) is 2.79. The third-order valence-electron chi connectivity index (χ3n) is 3.56. The number of fused-ring (bicyclic) bond motifs is 2. The van der Waals surface area contributed by atoms with E-state index in [9.17, 15) is 9.18 Å². The number of halogens is 2. The van der Waals surface area contributed by atoms with Crippen molar-refractivity contribution in [2.45, 2.75) is 6.04 Å². The van der Waals surface area contributed by atoms with E-state index in [0.717, 1.165) is 0 Å². The molecule has 2 aliphatic rings. The van der Waals surface area contributed by atoms with Crippen LogP contribution in [0.3, 0.4) is 0 Å². The average molecular weight is 271 g/mol. The Bertz CT molecular complexity index is 523. The Balaban J connectivity index is 2.11. The molecule has 6 heteroatoms. The van der Waals surface area contributed by atoms with E-state index < -0.39 is 5.82 Å². The van der Waals surface area contributed by atoms with Crippen LogP contribution in [0, 0.1) is 11.7 Å². The summed E-state index contributed by atoms with van der Waals surface area (Å²) >= 11 is 5.75. The molecule has 2 aliphatic heterocycles. The van der Waals surface area contributed by atoms with Gasteiger partial charge < -0.3 is 15.0 Å². The Morgan fingerprint density at radius 1 is 1.50 bits per heavy atom. The minimum Gasteiger partial charge on any atom is -0.378 e. The highest BCUT2D eigenvalue weighted by Crippen LogP contribution is 2.37. The maximum absolute atomic E-state index is 13.6. The molecule has 1 N–H and O–H groups in total. The summed E-state index contributed by atoms with van der Waals surface area (Å²) in [5.41, 5.74) is 1.17. The molecule has 18 heavy (non-hydrogen) atoms. The third-order valence-corrected chi connectivity index (χ3v) is 3.85. The lowest BCUT2D eigenvalue weighted by Gasteiger charge is -2.26. The molecule has 3 rings (SSSR count). The van der Waals surface area contributed by atoms with Crippen LogP contribution in [0.4, 0.5) is 15.8 Å². The van der Waals surface area contributed by atoms with Crippen LogP contribution in [-0.2, 0) is 9.53 Å². The van der Waals surface area contributed by atoms with Crippen LogP contribution >= 0.6 is 11.6 Å². The van der Waals surface area contributed by atoms with Gasteiger partial charge in [-0.1, -0.05) is 11.6 Å². The summed E-state index contributed by atoms with van der Waals surface area (Å²) in [6.07, 6.45) is 0. The second-order valence-corrected chi connectivity index (χ2v) is 5.00. The van der Waals surface area contributed by atoms with Crippen LogP contribution in [0.5, 0.6) is 0 Å². The van der Waals surface area contributed by atoms with Crippen LogP contribution < -0.4 is 10.2 Å². The highest BCUT2D eigenvalue weighted by atomic mass is 35.5. The van der Waals surface area contributed by atoms with E-state index in [1.807, 2.05) is 11.9 Å². The van der Waals surface area contributed by atoms with E-state index in [0.29, 0.717) is 24.6 Å². The number of nitrogens with one attached hydrogen (secondary N) is 1. The van der Waals surface area contributed by atoms with Crippen LogP contribution in [0.25, 0.3) is 0 Å². The minimum atomic E-state index is -0.492. The molecule has 1 aromatic carbocycles. The van der Waals surface area contributed by atoms with Gasteiger partial charge in [0.05, 0.1) is 41.6 Å². The van der Waals surface area contributed by atoms with E-state index >= 15 is 0 Å². The summed E-state index contributed by atoms with van der Waals surface area (Å²) < 4.78 is 18.9. The number of hydrogen-bond acceptors (Lipinski definition) is 3. The minimum absolute atomic E-state index is 0.00533. The molecule has 0 aliphatic carbocycles. The van der Waals surface area contributed by atoms with E-state index in [4.69, 9.17) is 16.3 Å². The summed E-state index contributed by atoms with van der Waals surface area (Å²) in [4.78, 5) is 13.9. The number of amides is 1. The molecule has 2 unspecified atom stereocenters. The average Bonchev–Trinajstić information content (AvgIpc) is 2.78. The summed E-state index contributed by atoms with van der Waals surface area (Å²) in [6.45, 7) is 0.864. The lowest BCUT2D eigenvalue weighted by Crippen LogP contribution is -2.40.